The number of carbonyl (C=O) groups is 2. The fourth-order valence-corrected chi connectivity index (χ4v) is 4.70. The molecule has 1 aromatic rings. The Bertz CT molecular complexity index is 732. The van der Waals surface area contributed by atoms with Gasteiger partial charge in [-0.1, -0.05) is 6.07 Å². The summed E-state index contributed by atoms with van der Waals surface area (Å²) >= 11 is 1.72. The molecule has 0 spiro atoms. The third-order valence-electron chi connectivity index (χ3n) is 5.41. The molecule has 1 aromatic carbocycles. The zero-order valence-corrected chi connectivity index (χ0v) is 16.7. The molecule has 1 unspecified atom stereocenters. The van der Waals surface area contributed by atoms with Gasteiger partial charge in [0.05, 0.1) is 17.5 Å². The van der Waals surface area contributed by atoms with E-state index >= 15 is 0 Å². The van der Waals surface area contributed by atoms with E-state index in [1.54, 1.807) is 16.7 Å². The molecular formula is C19H25F3N4O2S. The van der Waals surface area contributed by atoms with Crippen LogP contribution in [-0.2, 0) is 11.0 Å². The summed E-state index contributed by atoms with van der Waals surface area (Å²) in [5.41, 5.74) is 5.45. The van der Waals surface area contributed by atoms with Crippen molar-refractivity contribution in [3.8, 4) is 0 Å². The molecule has 1 saturated heterocycles. The molecule has 0 radical (unpaired) electrons. The van der Waals surface area contributed by atoms with Gasteiger partial charge in [-0.15, -0.1) is 11.8 Å². The zero-order chi connectivity index (χ0) is 21.0. The maximum Gasteiger partial charge on any atom is 0.416 e. The SMILES string of the molecule is NC(C(=O)N1CCSC1)C1CCC(NC(=O)Nc2cccc(C(F)(F)F)c2)CC1. The molecule has 29 heavy (non-hydrogen) atoms. The molecule has 0 bridgehead atoms. The smallest absolute Gasteiger partial charge is 0.335 e. The minimum Gasteiger partial charge on any atom is -0.335 e. The van der Waals surface area contributed by atoms with Gasteiger partial charge in [0.15, 0.2) is 0 Å². The van der Waals surface area contributed by atoms with Crippen LogP contribution in [0.4, 0.5) is 23.7 Å². The first-order valence-electron chi connectivity index (χ1n) is 9.61. The average Bonchev–Trinajstić information content (AvgIpc) is 3.22. The monoisotopic (exact) mass is 430 g/mol. The molecule has 1 aliphatic heterocycles. The van der Waals surface area contributed by atoms with Crippen molar-refractivity contribution in [1.82, 2.24) is 10.2 Å². The first kappa shape index (κ1) is 21.8. The highest BCUT2D eigenvalue weighted by atomic mass is 32.2. The molecule has 0 aromatic heterocycles. The number of rotatable bonds is 4. The summed E-state index contributed by atoms with van der Waals surface area (Å²) in [6.45, 7) is 0.740. The number of nitrogens with zero attached hydrogens (tertiary/aromatic N) is 1. The van der Waals surface area contributed by atoms with E-state index in [9.17, 15) is 22.8 Å². The summed E-state index contributed by atoms with van der Waals surface area (Å²) in [5, 5.41) is 5.25. The molecule has 2 fully saturated rings. The normalized spacial score (nSPS) is 23.5. The summed E-state index contributed by atoms with van der Waals surface area (Å²) in [6.07, 6.45) is -1.66. The summed E-state index contributed by atoms with van der Waals surface area (Å²) in [7, 11) is 0. The Kier molecular flexibility index (Phi) is 6.94. The van der Waals surface area contributed by atoms with Crippen molar-refractivity contribution in [2.24, 2.45) is 11.7 Å². The number of anilines is 1. The van der Waals surface area contributed by atoms with Gasteiger partial charge >= 0.3 is 12.2 Å². The van der Waals surface area contributed by atoms with Crippen molar-refractivity contribution in [3.63, 3.8) is 0 Å². The largest absolute Gasteiger partial charge is 0.416 e. The van der Waals surface area contributed by atoms with Crippen LogP contribution in [-0.4, -0.2) is 47.1 Å². The van der Waals surface area contributed by atoms with Crippen LogP contribution in [0.2, 0.25) is 0 Å². The van der Waals surface area contributed by atoms with Crippen LogP contribution in [0.3, 0.4) is 0 Å². The van der Waals surface area contributed by atoms with Crippen LogP contribution in [0.15, 0.2) is 24.3 Å². The van der Waals surface area contributed by atoms with Crippen molar-refractivity contribution in [3.05, 3.63) is 29.8 Å². The number of urea groups is 1. The third kappa shape index (κ3) is 5.79. The van der Waals surface area contributed by atoms with Gasteiger partial charge in [-0.2, -0.15) is 13.2 Å². The van der Waals surface area contributed by atoms with Crippen LogP contribution in [0.25, 0.3) is 0 Å². The first-order chi connectivity index (χ1) is 13.7. The van der Waals surface area contributed by atoms with E-state index < -0.39 is 23.8 Å². The number of carbonyl (C=O) groups excluding carboxylic acids is 2. The Morgan fingerprint density at radius 3 is 2.55 bits per heavy atom. The number of halogens is 3. The number of nitrogens with one attached hydrogen (secondary N) is 2. The second kappa shape index (κ2) is 9.25. The maximum atomic E-state index is 12.8. The Morgan fingerprint density at radius 2 is 1.93 bits per heavy atom. The van der Waals surface area contributed by atoms with Gasteiger partial charge in [0.25, 0.3) is 0 Å². The van der Waals surface area contributed by atoms with Crippen LogP contribution >= 0.6 is 11.8 Å². The lowest BCUT2D eigenvalue weighted by Gasteiger charge is -2.33. The lowest BCUT2D eigenvalue weighted by atomic mass is 9.81. The minimum absolute atomic E-state index is 0.00583. The molecule has 2 aliphatic rings. The van der Waals surface area contributed by atoms with E-state index in [4.69, 9.17) is 5.73 Å². The number of alkyl halides is 3. The predicted molar refractivity (Wildman–Crippen MR) is 106 cm³/mol. The fourth-order valence-electron chi connectivity index (χ4n) is 3.75. The number of nitrogens with two attached hydrogens (primary N) is 1. The van der Waals surface area contributed by atoms with Gasteiger partial charge in [0.1, 0.15) is 0 Å². The molecule has 6 nitrogen and oxygen atoms in total. The summed E-state index contributed by atoms with van der Waals surface area (Å²) in [5.74, 6) is 1.71. The quantitative estimate of drug-likeness (QED) is 0.684. The van der Waals surface area contributed by atoms with Gasteiger partial charge < -0.3 is 21.3 Å². The molecule has 1 saturated carbocycles. The molecule has 3 rings (SSSR count). The van der Waals surface area contributed by atoms with Gasteiger partial charge in [-0.05, 0) is 49.8 Å². The second-order valence-electron chi connectivity index (χ2n) is 7.45. The summed E-state index contributed by atoms with van der Waals surface area (Å²) < 4.78 is 38.3. The Morgan fingerprint density at radius 1 is 1.21 bits per heavy atom. The molecule has 160 valence electrons. The minimum atomic E-state index is -4.46. The van der Waals surface area contributed by atoms with Crippen molar-refractivity contribution < 1.29 is 22.8 Å². The molecule has 10 heteroatoms. The number of hydrogen-bond acceptors (Lipinski definition) is 4. The third-order valence-corrected chi connectivity index (χ3v) is 6.38. The van der Waals surface area contributed by atoms with Gasteiger partial charge in [-0.3, -0.25) is 4.79 Å². The Balaban J connectivity index is 1.45. The number of benzene rings is 1. The van der Waals surface area contributed by atoms with Crippen LogP contribution < -0.4 is 16.4 Å². The van der Waals surface area contributed by atoms with E-state index in [0.29, 0.717) is 18.7 Å². The zero-order valence-electron chi connectivity index (χ0n) is 15.9. The summed E-state index contributed by atoms with van der Waals surface area (Å²) in [6, 6.07) is 3.36. The van der Waals surface area contributed by atoms with Crippen molar-refractivity contribution in [2.45, 2.75) is 43.9 Å². The van der Waals surface area contributed by atoms with E-state index in [0.717, 1.165) is 37.3 Å². The number of amides is 3. The molecule has 1 aliphatic carbocycles. The standard InChI is InChI=1S/C19H25F3N4O2S/c20-19(21,22)13-2-1-3-15(10-13)25-18(28)24-14-6-4-12(5-7-14)16(23)17(27)26-8-9-29-11-26/h1-3,10,12,14,16H,4-9,11,23H2,(H2,24,25,28). The second-order valence-corrected chi connectivity index (χ2v) is 8.53. The highest BCUT2D eigenvalue weighted by Crippen LogP contribution is 2.31. The number of hydrogen-bond donors (Lipinski definition) is 3. The van der Waals surface area contributed by atoms with Gasteiger partial charge in [0, 0.05) is 24.0 Å². The highest BCUT2D eigenvalue weighted by molar-refractivity contribution is 7.99. The van der Waals surface area contributed by atoms with Crippen molar-refractivity contribution >= 4 is 29.4 Å². The van der Waals surface area contributed by atoms with Crippen LogP contribution in [0.5, 0.6) is 0 Å². The van der Waals surface area contributed by atoms with Crippen molar-refractivity contribution in [1.29, 1.82) is 0 Å². The maximum absolute atomic E-state index is 12.8. The van der Waals surface area contributed by atoms with E-state index in [1.807, 2.05) is 0 Å². The van der Waals surface area contributed by atoms with E-state index in [2.05, 4.69) is 10.6 Å². The van der Waals surface area contributed by atoms with Crippen molar-refractivity contribution in [2.75, 3.05) is 23.5 Å². The predicted octanol–water partition coefficient (Wildman–Crippen LogP) is 3.25. The lowest BCUT2D eigenvalue weighted by molar-refractivity contribution is -0.137. The molecular weight excluding hydrogens is 405 g/mol. The first-order valence-corrected chi connectivity index (χ1v) is 10.8. The topological polar surface area (TPSA) is 87.5 Å². The summed E-state index contributed by atoms with van der Waals surface area (Å²) in [4.78, 5) is 26.4. The van der Waals surface area contributed by atoms with Crippen LogP contribution in [0, 0.1) is 5.92 Å². The van der Waals surface area contributed by atoms with Crippen LogP contribution in [0.1, 0.15) is 31.2 Å². The van der Waals surface area contributed by atoms with E-state index in [-0.39, 0.29) is 23.6 Å². The van der Waals surface area contributed by atoms with E-state index in [1.165, 1.54) is 12.1 Å². The average molecular weight is 430 g/mol. The molecule has 3 amide bonds. The lowest BCUT2D eigenvalue weighted by Crippen LogP contribution is -2.49. The molecule has 1 atom stereocenters. The highest BCUT2D eigenvalue weighted by Gasteiger charge is 2.33. The van der Waals surface area contributed by atoms with Gasteiger partial charge in [0.2, 0.25) is 5.91 Å². The fraction of sp³-hybridized carbons (Fsp3) is 0.579. The van der Waals surface area contributed by atoms with Gasteiger partial charge in [-0.25, -0.2) is 4.79 Å². The molecule has 4 N–H and O–H groups in total. The Hall–Kier alpha value is -1.94. The Labute approximate surface area is 171 Å². The molecule has 1 heterocycles. The number of thioether (sulfide) groups is 1.